The van der Waals surface area contributed by atoms with Crippen molar-refractivity contribution in [1.29, 1.82) is 0 Å². The highest BCUT2D eigenvalue weighted by molar-refractivity contribution is 5.13. The highest BCUT2D eigenvalue weighted by Crippen LogP contribution is 2.26. The standard InChI is InChI=1S/C13H23N3O/c1-3-16-13(8-10(2)15-16)12(14)9-11-4-6-17-7-5-11/h8,11-12H,3-7,9,14H2,1-2H3. The highest BCUT2D eigenvalue weighted by atomic mass is 16.5. The Morgan fingerprint density at radius 2 is 2.24 bits per heavy atom. The van der Waals surface area contributed by atoms with Crippen LogP contribution < -0.4 is 5.73 Å². The van der Waals surface area contributed by atoms with E-state index in [1.54, 1.807) is 0 Å². The molecule has 1 aromatic rings. The van der Waals surface area contributed by atoms with Crippen LogP contribution in [0.3, 0.4) is 0 Å². The predicted octanol–water partition coefficient (Wildman–Crippen LogP) is 2.03. The van der Waals surface area contributed by atoms with Crippen LogP contribution in [0, 0.1) is 12.8 Å². The zero-order valence-corrected chi connectivity index (χ0v) is 10.9. The molecule has 2 rings (SSSR count). The Balaban J connectivity index is 2.00. The number of aromatic nitrogens is 2. The first-order valence-electron chi connectivity index (χ1n) is 6.58. The summed E-state index contributed by atoms with van der Waals surface area (Å²) in [5.74, 6) is 0.708. The molecule has 0 aliphatic carbocycles. The van der Waals surface area contributed by atoms with Gasteiger partial charge >= 0.3 is 0 Å². The fraction of sp³-hybridized carbons (Fsp3) is 0.769. The molecule has 2 heterocycles. The molecule has 0 bridgehead atoms. The fourth-order valence-corrected chi connectivity index (χ4v) is 2.58. The number of rotatable bonds is 4. The Hall–Kier alpha value is -0.870. The summed E-state index contributed by atoms with van der Waals surface area (Å²) in [5, 5.41) is 4.46. The van der Waals surface area contributed by atoms with Crippen molar-refractivity contribution in [3.63, 3.8) is 0 Å². The number of nitrogens with two attached hydrogens (primary N) is 1. The van der Waals surface area contributed by atoms with Gasteiger partial charge in [0.25, 0.3) is 0 Å². The van der Waals surface area contributed by atoms with Gasteiger partial charge in [-0.2, -0.15) is 5.10 Å². The molecule has 0 saturated carbocycles. The third kappa shape index (κ3) is 3.07. The van der Waals surface area contributed by atoms with Crippen LogP contribution in [0.4, 0.5) is 0 Å². The molecule has 1 fully saturated rings. The maximum atomic E-state index is 6.31. The molecule has 0 amide bonds. The van der Waals surface area contributed by atoms with Crippen molar-refractivity contribution in [1.82, 2.24) is 9.78 Å². The number of hydrogen-bond acceptors (Lipinski definition) is 3. The Morgan fingerprint density at radius 3 is 2.88 bits per heavy atom. The van der Waals surface area contributed by atoms with Gasteiger partial charge in [0.2, 0.25) is 0 Å². The molecule has 2 N–H and O–H groups in total. The predicted molar refractivity (Wildman–Crippen MR) is 67.7 cm³/mol. The monoisotopic (exact) mass is 237 g/mol. The van der Waals surface area contributed by atoms with Gasteiger partial charge in [0.15, 0.2) is 0 Å². The molecule has 17 heavy (non-hydrogen) atoms. The van der Waals surface area contributed by atoms with Crippen LogP contribution in [-0.2, 0) is 11.3 Å². The number of nitrogens with zero attached hydrogens (tertiary/aromatic N) is 2. The lowest BCUT2D eigenvalue weighted by molar-refractivity contribution is 0.0616. The van der Waals surface area contributed by atoms with Crippen molar-refractivity contribution >= 4 is 0 Å². The Bertz CT molecular complexity index is 356. The molecule has 4 nitrogen and oxygen atoms in total. The summed E-state index contributed by atoms with van der Waals surface area (Å²) >= 11 is 0. The lowest BCUT2D eigenvalue weighted by atomic mass is 9.91. The quantitative estimate of drug-likeness (QED) is 0.871. The van der Waals surface area contributed by atoms with E-state index in [2.05, 4.69) is 18.1 Å². The maximum Gasteiger partial charge on any atom is 0.0597 e. The van der Waals surface area contributed by atoms with Gasteiger partial charge in [0.1, 0.15) is 0 Å². The first-order chi connectivity index (χ1) is 8.20. The summed E-state index contributed by atoms with van der Waals surface area (Å²) in [6.45, 7) is 6.81. The van der Waals surface area contributed by atoms with E-state index >= 15 is 0 Å². The van der Waals surface area contributed by atoms with Gasteiger partial charge in [-0.15, -0.1) is 0 Å². The van der Waals surface area contributed by atoms with Crippen molar-refractivity contribution in [3.05, 3.63) is 17.5 Å². The molecule has 1 aromatic heterocycles. The second-order valence-electron chi connectivity index (χ2n) is 4.92. The lowest BCUT2D eigenvalue weighted by Gasteiger charge is -2.25. The SMILES string of the molecule is CCn1nc(C)cc1C(N)CC1CCOCC1. The van der Waals surface area contributed by atoms with Crippen LogP contribution in [0.5, 0.6) is 0 Å². The van der Waals surface area contributed by atoms with E-state index < -0.39 is 0 Å². The number of aryl methyl sites for hydroxylation is 2. The van der Waals surface area contributed by atoms with Crippen molar-refractivity contribution in [2.45, 2.75) is 45.7 Å². The van der Waals surface area contributed by atoms with Gasteiger partial charge in [-0.1, -0.05) is 0 Å². The van der Waals surface area contributed by atoms with E-state index in [1.165, 1.54) is 5.69 Å². The maximum absolute atomic E-state index is 6.31. The zero-order valence-electron chi connectivity index (χ0n) is 10.9. The molecule has 1 saturated heterocycles. The second kappa shape index (κ2) is 5.65. The van der Waals surface area contributed by atoms with Crippen LogP contribution in [-0.4, -0.2) is 23.0 Å². The number of hydrogen-bond donors (Lipinski definition) is 1. The van der Waals surface area contributed by atoms with Crippen LogP contribution in [0.1, 0.15) is 43.6 Å². The van der Waals surface area contributed by atoms with Crippen molar-refractivity contribution in [2.75, 3.05) is 13.2 Å². The first-order valence-corrected chi connectivity index (χ1v) is 6.58. The Morgan fingerprint density at radius 1 is 1.53 bits per heavy atom. The summed E-state index contributed by atoms with van der Waals surface area (Å²) in [6.07, 6.45) is 3.34. The average Bonchev–Trinajstić information content (AvgIpc) is 2.72. The Labute approximate surface area is 103 Å². The van der Waals surface area contributed by atoms with Crippen molar-refractivity contribution in [2.24, 2.45) is 11.7 Å². The van der Waals surface area contributed by atoms with E-state index in [4.69, 9.17) is 10.5 Å². The molecule has 0 spiro atoms. The molecule has 96 valence electrons. The molecular weight excluding hydrogens is 214 g/mol. The normalized spacial score (nSPS) is 19.5. The van der Waals surface area contributed by atoms with Gasteiger partial charge in [-0.05, 0) is 45.1 Å². The van der Waals surface area contributed by atoms with Gasteiger partial charge in [0.05, 0.1) is 11.4 Å². The minimum Gasteiger partial charge on any atom is -0.381 e. The second-order valence-corrected chi connectivity index (χ2v) is 4.92. The molecule has 1 atom stereocenters. The van der Waals surface area contributed by atoms with Crippen molar-refractivity contribution in [3.8, 4) is 0 Å². The molecular formula is C13H23N3O. The first kappa shape index (κ1) is 12.6. The summed E-state index contributed by atoms with van der Waals surface area (Å²) in [4.78, 5) is 0. The van der Waals surface area contributed by atoms with Crippen LogP contribution in [0.2, 0.25) is 0 Å². The zero-order chi connectivity index (χ0) is 12.3. The molecule has 0 aromatic carbocycles. The summed E-state index contributed by atoms with van der Waals surface area (Å²) < 4.78 is 7.40. The summed E-state index contributed by atoms with van der Waals surface area (Å²) in [5.41, 5.74) is 8.55. The summed E-state index contributed by atoms with van der Waals surface area (Å²) in [6, 6.07) is 2.23. The van der Waals surface area contributed by atoms with E-state index in [0.29, 0.717) is 5.92 Å². The topological polar surface area (TPSA) is 53.1 Å². The van der Waals surface area contributed by atoms with Crippen LogP contribution in [0.25, 0.3) is 0 Å². The molecule has 1 aliphatic heterocycles. The molecule has 1 unspecified atom stereocenters. The molecule has 1 aliphatic rings. The van der Waals surface area contributed by atoms with E-state index in [0.717, 1.165) is 44.7 Å². The third-order valence-electron chi connectivity index (χ3n) is 3.54. The van der Waals surface area contributed by atoms with Gasteiger partial charge in [0, 0.05) is 25.8 Å². The van der Waals surface area contributed by atoms with E-state index in [9.17, 15) is 0 Å². The smallest absolute Gasteiger partial charge is 0.0597 e. The minimum atomic E-state index is 0.110. The minimum absolute atomic E-state index is 0.110. The van der Waals surface area contributed by atoms with Gasteiger partial charge in [-0.3, -0.25) is 4.68 Å². The van der Waals surface area contributed by atoms with Gasteiger partial charge < -0.3 is 10.5 Å². The van der Waals surface area contributed by atoms with E-state index in [-0.39, 0.29) is 6.04 Å². The van der Waals surface area contributed by atoms with E-state index in [1.807, 2.05) is 11.6 Å². The lowest BCUT2D eigenvalue weighted by Crippen LogP contribution is -2.23. The number of ether oxygens (including phenoxy) is 1. The van der Waals surface area contributed by atoms with Crippen LogP contribution in [0.15, 0.2) is 6.07 Å². The molecule has 0 radical (unpaired) electrons. The van der Waals surface area contributed by atoms with Crippen molar-refractivity contribution < 1.29 is 4.74 Å². The summed E-state index contributed by atoms with van der Waals surface area (Å²) in [7, 11) is 0. The molecule has 4 heteroatoms. The Kier molecular flexibility index (Phi) is 4.18. The van der Waals surface area contributed by atoms with Crippen LogP contribution >= 0.6 is 0 Å². The fourth-order valence-electron chi connectivity index (χ4n) is 2.58. The van der Waals surface area contributed by atoms with Gasteiger partial charge in [-0.25, -0.2) is 0 Å². The highest BCUT2D eigenvalue weighted by Gasteiger charge is 2.20. The average molecular weight is 237 g/mol. The third-order valence-corrected chi connectivity index (χ3v) is 3.54. The largest absolute Gasteiger partial charge is 0.381 e.